The standard InChI is InChI=1S/C30H60Si2/c1-12-19-29(27(4)24-31(6,7)8)22-23-30(28(5)25-32(9,10)11)21-18-16-14-13-15-17-20-26(2)3/h12,18,21-23,26-30H,1,13-17,19-20,24-25H2,2-11H3/b21-18+,23-22+. The number of unbranched alkanes of at least 4 members (excludes halogenated alkanes) is 4. The molecule has 0 saturated carbocycles. The van der Waals surface area contributed by atoms with Crippen molar-refractivity contribution in [1.29, 1.82) is 0 Å². The maximum absolute atomic E-state index is 4.06. The van der Waals surface area contributed by atoms with Gasteiger partial charge in [-0.2, -0.15) is 0 Å². The fourth-order valence-electron chi connectivity index (χ4n) is 5.05. The first kappa shape index (κ1) is 31.7. The van der Waals surface area contributed by atoms with E-state index in [1.807, 2.05) is 0 Å². The summed E-state index contributed by atoms with van der Waals surface area (Å²) in [7, 11) is -2.11. The first-order valence-electron chi connectivity index (χ1n) is 13.7. The summed E-state index contributed by atoms with van der Waals surface area (Å²) >= 11 is 0. The molecule has 0 aromatic rings. The topological polar surface area (TPSA) is 0 Å². The predicted octanol–water partition coefficient (Wildman–Crippen LogP) is 10.9. The third-order valence-electron chi connectivity index (χ3n) is 6.54. The lowest BCUT2D eigenvalue weighted by atomic mass is 9.88. The predicted molar refractivity (Wildman–Crippen MR) is 157 cm³/mol. The average molecular weight is 477 g/mol. The number of hydrogen-bond acceptors (Lipinski definition) is 0. The molecule has 0 fully saturated rings. The van der Waals surface area contributed by atoms with E-state index in [0.717, 1.165) is 24.2 Å². The summed E-state index contributed by atoms with van der Waals surface area (Å²) in [5.74, 6) is 3.55. The van der Waals surface area contributed by atoms with Crippen LogP contribution in [0.3, 0.4) is 0 Å². The van der Waals surface area contributed by atoms with Gasteiger partial charge >= 0.3 is 0 Å². The summed E-state index contributed by atoms with van der Waals surface area (Å²) in [6, 6.07) is 2.80. The number of hydrogen-bond donors (Lipinski definition) is 0. The van der Waals surface area contributed by atoms with Gasteiger partial charge < -0.3 is 0 Å². The van der Waals surface area contributed by atoms with Crippen molar-refractivity contribution < 1.29 is 0 Å². The van der Waals surface area contributed by atoms with E-state index in [1.165, 1.54) is 50.6 Å². The molecule has 0 nitrogen and oxygen atoms in total. The summed E-state index contributed by atoms with van der Waals surface area (Å²) in [4.78, 5) is 0. The molecule has 4 unspecified atom stereocenters. The van der Waals surface area contributed by atoms with Gasteiger partial charge in [0.1, 0.15) is 0 Å². The van der Waals surface area contributed by atoms with Crippen molar-refractivity contribution in [2.75, 3.05) is 0 Å². The Hall–Kier alpha value is -0.346. The van der Waals surface area contributed by atoms with Crippen molar-refractivity contribution >= 4 is 16.1 Å². The number of rotatable bonds is 18. The molecule has 188 valence electrons. The van der Waals surface area contributed by atoms with Gasteiger partial charge in [-0.05, 0) is 48.9 Å². The minimum absolute atomic E-state index is 0.578. The number of allylic oxidation sites excluding steroid dienone is 5. The van der Waals surface area contributed by atoms with Crippen LogP contribution in [-0.4, -0.2) is 16.1 Å². The molecule has 0 heterocycles. The quantitative estimate of drug-likeness (QED) is 0.105. The Kier molecular flexibility index (Phi) is 16.1. The molecular formula is C30H60Si2. The zero-order valence-electron chi connectivity index (χ0n) is 23.8. The molecule has 0 spiro atoms. The molecule has 0 saturated heterocycles. The van der Waals surface area contributed by atoms with Crippen LogP contribution in [0.5, 0.6) is 0 Å². The van der Waals surface area contributed by atoms with Gasteiger partial charge in [0.2, 0.25) is 0 Å². The average Bonchev–Trinajstić information content (AvgIpc) is 2.61. The second-order valence-electron chi connectivity index (χ2n) is 13.4. The van der Waals surface area contributed by atoms with Crippen molar-refractivity contribution in [3.63, 3.8) is 0 Å². The molecule has 4 atom stereocenters. The summed E-state index contributed by atoms with van der Waals surface area (Å²) in [5, 5.41) is 0. The van der Waals surface area contributed by atoms with Gasteiger partial charge in [0.25, 0.3) is 0 Å². The third kappa shape index (κ3) is 18.1. The lowest BCUT2D eigenvalue weighted by molar-refractivity contribution is 0.458. The normalized spacial score (nSPS) is 17.2. The van der Waals surface area contributed by atoms with E-state index >= 15 is 0 Å². The van der Waals surface area contributed by atoms with Gasteiger partial charge in [0, 0.05) is 16.1 Å². The Morgan fingerprint density at radius 1 is 0.688 bits per heavy atom. The van der Waals surface area contributed by atoms with Crippen LogP contribution in [0.15, 0.2) is 37.0 Å². The molecular weight excluding hydrogens is 417 g/mol. The van der Waals surface area contributed by atoms with Crippen molar-refractivity contribution in [2.45, 2.75) is 124 Å². The Labute approximate surface area is 206 Å². The zero-order valence-corrected chi connectivity index (χ0v) is 25.8. The van der Waals surface area contributed by atoms with E-state index in [2.05, 4.69) is 104 Å². The zero-order chi connectivity index (χ0) is 24.8. The van der Waals surface area contributed by atoms with Crippen LogP contribution in [-0.2, 0) is 0 Å². The maximum atomic E-state index is 4.06. The third-order valence-corrected chi connectivity index (χ3v) is 10.3. The van der Waals surface area contributed by atoms with Crippen LogP contribution in [0.2, 0.25) is 51.4 Å². The van der Waals surface area contributed by atoms with E-state index in [-0.39, 0.29) is 0 Å². The molecule has 0 aromatic carbocycles. The molecule has 0 aliphatic rings. The molecule has 0 rings (SSSR count). The monoisotopic (exact) mass is 476 g/mol. The Balaban J connectivity index is 5.08. The van der Waals surface area contributed by atoms with Crippen LogP contribution in [0.1, 0.15) is 72.6 Å². The molecule has 0 aromatic heterocycles. The lowest BCUT2D eigenvalue weighted by Gasteiger charge is -2.28. The summed E-state index contributed by atoms with van der Waals surface area (Å²) in [6.45, 7) is 28.7. The van der Waals surface area contributed by atoms with E-state index in [9.17, 15) is 0 Å². The van der Waals surface area contributed by atoms with Gasteiger partial charge in [-0.1, -0.05) is 135 Å². The lowest BCUT2D eigenvalue weighted by Crippen LogP contribution is -2.26. The van der Waals surface area contributed by atoms with Gasteiger partial charge in [0.05, 0.1) is 0 Å². The minimum Gasteiger partial charge on any atom is -0.103 e. The van der Waals surface area contributed by atoms with E-state index in [1.54, 1.807) is 0 Å². The fraction of sp³-hybridized carbons (Fsp3) is 0.800. The Bertz CT molecular complexity index is 530. The summed E-state index contributed by atoms with van der Waals surface area (Å²) in [5.41, 5.74) is 0. The molecule has 0 aliphatic heterocycles. The molecule has 2 heteroatoms. The van der Waals surface area contributed by atoms with Crippen molar-refractivity contribution in [2.24, 2.45) is 29.6 Å². The SMILES string of the molecule is C=CCC(/C=C/C(/C=C/CCCCCCC(C)C)C(C)C[Si](C)(C)C)C(C)C[Si](C)(C)C. The fourth-order valence-corrected chi connectivity index (χ4v) is 9.49. The van der Waals surface area contributed by atoms with Crippen LogP contribution in [0.25, 0.3) is 0 Å². The van der Waals surface area contributed by atoms with Gasteiger partial charge in [-0.25, -0.2) is 0 Å². The van der Waals surface area contributed by atoms with Crippen LogP contribution in [0.4, 0.5) is 0 Å². The highest BCUT2D eigenvalue weighted by Gasteiger charge is 2.24. The molecule has 0 N–H and O–H groups in total. The van der Waals surface area contributed by atoms with Gasteiger partial charge in [0.15, 0.2) is 0 Å². The molecule has 0 bridgehead atoms. The molecule has 32 heavy (non-hydrogen) atoms. The highest BCUT2D eigenvalue weighted by atomic mass is 28.3. The smallest absolute Gasteiger partial charge is 0.0445 e. The minimum atomic E-state index is -1.07. The molecule has 0 aliphatic carbocycles. The van der Waals surface area contributed by atoms with Gasteiger partial charge in [-0.3, -0.25) is 0 Å². The van der Waals surface area contributed by atoms with Crippen LogP contribution in [0, 0.1) is 29.6 Å². The van der Waals surface area contributed by atoms with Crippen LogP contribution < -0.4 is 0 Å². The first-order chi connectivity index (χ1) is 14.7. The second kappa shape index (κ2) is 16.3. The van der Waals surface area contributed by atoms with E-state index in [4.69, 9.17) is 0 Å². The largest absolute Gasteiger partial charge is 0.103 e. The second-order valence-corrected chi connectivity index (χ2v) is 24.5. The summed E-state index contributed by atoms with van der Waals surface area (Å²) < 4.78 is 0. The molecule has 0 radical (unpaired) electrons. The highest BCUT2D eigenvalue weighted by Crippen LogP contribution is 2.30. The van der Waals surface area contributed by atoms with E-state index < -0.39 is 16.1 Å². The first-order valence-corrected chi connectivity index (χ1v) is 21.1. The summed E-state index contributed by atoms with van der Waals surface area (Å²) in [6.07, 6.45) is 21.6. The van der Waals surface area contributed by atoms with Crippen LogP contribution >= 0.6 is 0 Å². The highest BCUT2D eigenvalue weighted by molar-refractivity contribution is 6.76. The maximum Gasteiger partial charge on any atom is 0.0445 e. The van der Waals surface area contributed by atoms with Crippen molar-refractivity contribution in [3.8, 4) is 0 Å². The van der Waals surface area contributed by atoms with E-state index in [0.29, 0.717) is 11.8 Å². The molecule has 0 amide bonds. The van der Waals surface area contributed by atoms with Crippen molar-refractivity contribution in [3.05, 3.63) is 37.0 Å². The van der Waals surface area contributed by atoms with Crippen molar-refractivity contribution in [1.82, 2.24) is 0 Å². The Morgan fingerprint density at radius 3 is 1.78 bits per heavy atom. The van der Waals surface area contributed by atoms with Gasteiger partial charge in [-0.15, -0.1) is 6.58 Å². The Morgan fingerprint density at radius 2 is 1.25 bits per heavy atom.